The number of anilines is 2. The number of nitrogens with one attached hydrogen (secondary N) is 3. The minimum Gasteiger partial charge on any atom is -0.480 e. The summed E-state index contributed by atoms with van der Waals surface area (Å²) >= 11 is 0. The van der Waals surface area contributed by atoms with Gasteiger partial charge in [0.15, 0.2) is 5.78 Å². The van der Waals surface area contributed by atoms with Crippen molar-refractivity contribution in [2.24, 2.45) is 0 Å². The number of pyridine rings is 1. The molecule has 1 aliphatic rings. The Balaban J connectivity index is 1.30. The SMILES string of the molecule is O=C(COC1CC(CNc2ccccn2)N(C(=O)OCc2ccccc2)C1)CC(NC(=O)Nc1ccccc1)C(=O)O. The largest absolute Gasteiger partial charge is 0.480 e. The molecule has 0 radical (unpaired) electrons. The number of para-hydroxylation sites is 1. The molecule has 220 valence electrons. The average Bonchev–Trinajstić information content (AvgIpc) is 3.42. The molecule has 2 aromatic carbocycles. The second-order valence-electron chi connectivity index (χ2n) is 9.71. The molecule has 12 heteroatoms. The van der Waals surface area contributed by atoms with Gasteiger partial charge in [-0.3, -0.25) is 4.79 Å². The zero-order valence-electron chi connectivity index (χ0n) is 22.8. The van der Waals surface area contributed by atoms with E-state index >= 15 is 0 Å². The lowest BCUT2D eigenvalue weighted by atomic mass is 10.1. The number of urea groups is 1. The molecule has 0 spiro atoms. The quantitative estimate of drug-likeness (QED) is 0.239. The van der Waals surface area contributed by atoms with Gasteiger partial charge >= 0.3 is 18.1 Å². The number of aromatic nitrogens is 1. The molecular formula is C30H33N5O7. The number of benzene rings is 2. The molecule has 3 aromatic rings. The Kier molecular flexibility index (Phi) is 10.8. The molecule has 0 saturated carbocycles. The van der Waals surface area contributed by atoms with E-state index in [2.05, 4.69) is 20.9 Å². The second kappa shape index (κ2) is 15.1. The van der Waals surface area contributed by atoms with Gasteiger partial charge in [0.05, 0.1) is 18.7 Å². The lowest BCUT2D eigenvalue weighted by molar-refractivity contribution is -0.141. The highest BCUT2D eigenvalue weighted by molar-refractivity contribution is 5.94. The molecule has 1 fully saturated rings. The van der Waals surface area contributed by atoms with Crippen molar-refractivity contribution in [1.82, 2.24) is 15.2 Å². The number of carboxylic acid groups (broad SMARTS) is 1. The Morgan fingerprint density at radius 3 is 2.38 bits per heavy atom. The molecule has 12 nitrogen and oxygen atoms in total. The number of rotatable bonds is 13. The van der Waals surface area contributed by atoms with Crippen molar-refractivity contribution >= 4 is 35.4 Å². The third-order valence-electron chi connectivity index (χ3n) is 6.55. The average molecular weight is 576 g/mol. The predicted molar refractivity (Wildman–Crippen MR) is 154 cm³/mol. The highest BCUT2D eigenvalue weighted by Crippen LogP contribution is 2.23. The monoisotopic (exact) mass is 575 g/mol. The van der Waals surface area contributed by atoms with Gasteiger partial charge in [0, 0.05) is 24.8 Å². The molecule has 0 bridgehead atoms. The lowest BCUT2D eigenvalue weighted by Gasteiger charge is -2.24. The Labute approximate surface area is 243 Å². The number of ether oxygens (including phenoxy) is 2. The Morgan fingerprint density at radius 2 is 1.69 bits per heavy atom. The summed E-state index contributed by atoms with van der Waals surface area (Å²) in [5, 5.41) is 17.6. The summed E-state index contributed by atoms with van der Waals surface area (Å²) < 4.78 is 11.3. The minimum atomic E-state index is -1.44. The van der Waals surface area contributed by atoms with E-state index in [4.69, 9.17) is 9.47 Å². The van der Waals surface area contributed by atoms with E-state index in [1.54, 1.807) is 47.5 Å². The first-order valence-electron chi connectivity index (χ1n) is 13.5. The fourth-order valence-corrected chi connectivity index (χ4v) is 4.45. The first-order valence-corrected chi connectivity index (χ1v) is 13.5. The summed E-state index contributed by atoms with van der Waals surface area (Å²) in [6.45, 7) is 0.314. The van der Waals surface area contributed by atoms with Crippen molar-refractivity contribution < 1.29 is 33.8 Å². The molecule has 42 heavy (non-hydrogen) atoms. The number of Topliss-reactive ketones (excluding diaryl/α,β-unsaturated/α-hetero) is 1. The molecule has 4 rings (SSSR count). The van der Waals surface area contributed by atoms with Gasteiger partial charge in [0.1, 0.15) is 25.1 Å². The summed E-state index contributed by atoms with van der Waals surface area (Å²) in [5.41, 5.74) is 1.33. The van der Waals surface area contributed by atoms with E-state index < -0.39 is 42.4 Å². The molecule has 1 saturated heterocycles. The number of amides is 3. The summed E-state index contributed by atoms with van der Waals surface area (Å²) in [6, 6.07) is 20.8. The van der Waals surface area contributed by atoms with Crippen LogP contribution in [-0.2, 0) is 25.7 Å². The molecular weight excluding hydrogens is 542 g/mol. The summed E-state index contributed by atoms with van der Waals surface area (Å²) in [7, 11) is 0. The number of carbonyl (C=O) groups excluding carboxylic acids is 3. The summed E-state index contributed by atoms with van der Waals surface area (Å²) in [6.07, 6.45) is 0.631. The van der Waals surface area contributed by atoms with E-state index in [0.29, 0.717) is 24.5 Å². The number of likely N-dealkylation sites (tertiary alicyclic amines) is 1. The fraction of sp³-hybridized carbons (Fsp3) is 0.300. The van der Waals surface area contributed by atoms with Gasteiger partial charge in [0.2, 0.25) is 0 Å². The van der Waals surface area contributed by atoms with Crippen LogP contribution in [0.25, 0.3) is 0 Å². The third-order valence-corrected chi connectivity index (χ3v) is 6.55. The molecule has 0 aliphatic carbocycles. The maximum atomic E-state index is 13.0. The first-order chi connectivity index (χ1) is 20.4. The summed E-state index contributed by atoms with van der Waals surface area (Å²) in [4.78, 5) is 55.4. The topological polar surface area (TPSA) is 159 Å². The van der Waals surface area contributed by atoms with Crippen molar-refractivity contribution in [3.8, 4) is 0 Å². The zero-order chi connectivity index (χ0) is 29.7. The number of carboxylic acids is 1. The standard InChI is InChI=1S/C30H33N5O7/c36-24(16-26(28(37)38)34-29(39)33-22-11-5-2-6-12-22)20-41-25-15-23(17-32-27-13-7-8-14-31-27)35(18-25)30(40)42-19-21-9-3-1-4-10-21/h1-14,23,25-26H,15-20H2,(H,31,32)(H,37,38)(H2,33,34,39). The van der Waals surface area contributed by atoms with Crippen LogP contribution in [-0.4, -0.2) is 76.8 Å². The van der Waals surface area contributed by atoms with Crippen LogP contribution in [0, 0.1) is 0 Å². The lowest BCUT2D eigenvalue weighted by Crippen LogP contribution is -2.44. The van der Waals surface area contributed by atoms with Crippen molar-refractivity contribution in [2.45, 2.75) is 37.6 Å². The summed E-state index contributed by atoms with van der Waals surface area (Å²) in [5.74, 6) is -1.20. The molecule has 4 N–H and O–H groups in total. The molecule has 1 aliphatic heterocycles. The Morgan fingerprint density at radius 1 is 0.976 bits per heavy atom. The highest BCUT2D eigenvalue weighted by Gasteiger charge is 2.37. The number of hydrogen-bond donors (Lipinski definition) is 4. The maximum absolute atomic E-state index is 13.0. The van der Waals surface area contributed by atoms with Crippen LogP contribution < -0.4 is 16.0 Å². The minimum absolute atomic E-state index is 0.113. The van der Waals surface area contributed by atoms with Gasteiger partial charge in [-0.15, -0.1) is 0 Å². The zero-order valence-corrected chi connectivity index (χ0v) is 22.8. The van der Waals surface area contributed by atoms with Crippen molar-refractivity contribution in [1.29, 1.82) is 0 Å². The number of hydrogen-bond acceptors (Lipinski definition) is 8. The maximum Gasteiger partial charge on any atom is 0.410 e. The number of carbonyl (C=O) groups is 4. The van der Waals surface area contributed by atoms with E-state index in [1.807, 2.05) is 42.5 Å². The van der Waals surface area contributed by atoms with Gasteiger partial charge in [0.25, 0.3) is 0 Å². The molecule has 3 amide bonds. The molecule has 3 unspecified atom stereocenters. The number of nitrogens with zero attached hydrogens (tertiary/aromatic N) is 2. The van der Waals surface area contributed by atoms with E-state index in [1.165, 1.54) is 0 Å². The first kappa shape index (κ1) is 30.0. The van der Waals surface area contributed by atoms with Crippen LogP contribution in [0.15, 0.2) is 85.1 Å². The van der Waals surface area contributed by atoms with Crippen LogP contribution in [0.3, 0.4) is 0 Å². The van der Waals surface area contributed by atoms with Crippen molar-refractivity contribution in [3.05, 3.63) is 90.6 Å². The Hall–Kier alpha value is -4.97. The van der Waals surface area contributed by atoms with Crippen LogP contribution in [0.5, 0.6) is 0 Å². The van der Waals surface area contributed by atoms with Gasteiger partial charge in [-0.05, 0) is 36.2 Å². The third kappa shape index (κ3) is 9.30. The van der Waals surface area contributed by atoms with E-state index in [-0.39, 0.29) is 25.8 Å². The number of aliphatic carboxylic acids is 1. The van der Waals surface area contributed by atoms with Crippen LogP contribution in [0.2, 0.25) is 0 Å². The van der Waals surface area contributed by atoms with Crippen LogP contribution in [0.4, 0.5) is 21.1 Å². The smallest absolute Gasteiger partial charge is 0.410 e. The highest BCUT2D eigenvalue weighted by atomic mass is 16.6. The van der Waals surface area contributed by atoms with Gasteiger partial charge in [-0.1, -0.05) is 54.6 Å². The van der Waals surface area contributed by atoms with Gasteiger partial charge < -0.3 is 35.4 Å². The van der Waals surface area contributed by atoms with Crippen molar-refractivity contribution in [3.63, 3.8) is 0 Å². The van der Waals surface area contributed by atoms with E-state index in [9.17, 15) is 24.3 Å². The molecule has 1 aromatic heterocycles. The van der Waals surface area contributed by atoms with E-state index in [0.717, 1.165) is 5.56 Å². The van der Waals surface area contributed by atoms with Crippen LogP contribution >= 0.6 is 0 Å². The number of ketones is 1. The molecule has 2 heterocycles. The Bertz CT molecular complexity index is 1330. The molecule has 3 atom stereocenters. The second-order valence-corrected chi connectivity index (χ2v) is 9.71. The van der Waals surface area contributed by atoms with Crippen molar-refractivity contribution in [2.75, 3.05) is 30.3 Å². The predicted octanol–water partition coefficient (Wildman–Crippen LogP) is 3.52. The fourth-order valence-electron chi connectivity index (χ4n) is 4.45. The van der Waals surface area contributed by atoms with Gasteiger partial charge in [-0.25, -0.2) is 19.4 Å². The van der Waals surface area contributed by atoms with Gasteiger partial charge in [-0.2, -0.15) is 0 Å². The normalized spacial score (nSPS) is 16.7. The van der Waals surface area contributed by atoms with Crippen LogP contribution in [0.1, 0.15) is 18.4 Å².